The molecule has 4 nitrogen and oxygen atoms in total. The number of benzene rings is 1. The fourth-order valence-electron chi connectivity index (χ4n) is 2.36. The second-order valence-electron chi connectivity index (χ2n) is 5.74. The first-order valence-electron chi connectivity index (χ1n) is 7.12. The molecule has 2 unspecified atom stereocenters. The maximum absolute atomic E-state index is 12.7. The number of nitrogens with two attached hydrogens (primary N) is 1. The Morgan fingerprint density at radius 3 is 2.67 bits per heavy atom. The van der Waals surface area contributed by atoms with E-state index in [1.54, 1.807) is 26.1 Å². The van der Waals surface area contributed by atoms with E-state index in [9.17, 15) is 8.42 Å². The molecule has 2 N–H and O–H groups in total. The first kappa shape index (κ1) is 16.0. The lowest BCUT2D eigenvalue weighted by molar-refractivity contribution is 0.444. The quantitative estimate of drug-likeness (QED) is 0.859. The third kappa shape index (κ3) is 3.65. The molecule has 1 fully saturated rings. The molecule has 1 saturated carbocycles. The molecule has 0 bridgehead atoms. The van der Waals surface area contributed by atoms with Gasteiger partial charge in [-0.1, -0.05) is 24.8 Å². The summed E-state index contributed by atoms with van der Waals surface area (Å²) in [4.78, 5) is 0.335. The summed E-state index contributed by atoms with van der Waals surface area (Å²) in [5.74, 6) is 6.76. The van der Waals surface area contributed by atoms with Crippen LogP contribution in [0.15, 0.2) is 23.1 Å². The van der Waals surface area contributed by atoms with Gasteiger partial charge in [0.05, 0.1) is 11.4 Å². The fourth-order valence-corrected chi connectivity index (χ4v) is 3.83. The smallest absolute Gasteiger partial charge is 0.243 e. The van der Waals surface area contributed by atoms with Crippen LogP contribution < -0.4 is 5.73 Å². The zero-order valence-corrected chi connectivity index (χ0v) is 13.6. The van der Waals surface area contributed by atoms with Gasteiger partial charge in [-0.2, -0.15) is 0 Å². The normalized spacial score (nSPS) is 21.0. The SMILES string of the molecule is Cc1ccc(C#CCN)cc1S(=O)(=O)N(C)CC1CC1C. The van der Waals surface area contributed by atoms with E-state index in [-0.39, 0.29) is 6.54 Å². The number of sulfonamides is 1. The van der Waals surface area contributed by atoms with Crippen molar-refractivity contribution in [1.29, 1.82) is 0 Å². The van der Waals surface area contributed by atoms with E-state index in [4.69, 9.17) is 5.73 Å². The minimum atomic E-state index is -3.46. The monoisotopic (exact) mass is 306 g/mol. The molecular weight excluding hydrogens is 284 g/mol. The molecule has 0 aliphatic heterocycles. The van der Waals surface area contributed by atoms with Gasteiger partial charge in [-0.05, 0) is 42.9 Å². The molecule has 2 rings (SSSR count). The first-order chi connectivity index (χ1) is 9.86. The molecule has 0 heterocycles. The molecule has 1 aliphatic carbocycles. The Hall–Kier alpha value is -1.35. The third-order valence-corrected chi connectivity index (χ3v) is 5.94. The molecule has 0 radical (unpaired) electrons. The van der Waals surface area contributed by atoms with Gasteiger partial charge in [0.25, 0.3) is 0 Å². The first-order valence-corrected chi connectivity index (χ1v) is 8.56. The molecule has 1 aliphatic rings. The lowest BCUT2D eigenvalue weighted by atomic mass is 10.1. The average Bonchev–Trinajstić information content (AvgIpc) is 3.12. The maximum Gasteiger partial charge on any atom is 0.243 e. The van der Waals surface area contributed by atoms with Crippen molar-refractivity contribution in [2.24, 2.45) is 17.6 Å². The Morgan fingerprint density at radius 2 is 2.10 bits per heavy atom. The van der Waals surface area contributed by atoms with E-state index in [0.29, 0.717) is 28.8 Å². The van der Waals surface area contributed by atoms with Crippen LogP contribution in [0, 0.1) is 30.6 Å². The number of nitrogens with zero attached hydrogens (tertiary/aromatic N) is 1. The van der Waals surface area contributed by atoms with Gasteiger partial charge in [-0.3, -0.25) is 0 Å². The van der Waals surface area contributed by atoms with Crippen LogP contribution in [0.5, 0.6) is 0 Å². The topological polar surface area (TPSA) is 63.4 Å². The highest BCUT2D eigenvalue weighted by Crippen LogP contribution is 2.38. The Bertz CT molecular complexity index is 686. The summed E-state index contributed by atoms with van der Waals surface area (Å²) in [7, 11) is -1.81. The molecular formula is C16H22N2O2S. The highest BCUT2D eigenvalue weighted by Gasteiger charge is 2.36. The van der Waals surface area contributed by atoms with Crippen LogP contribution in [-0.2, 0) is 10.0 Å². The lowest BCUT2D eigenvalue weighted by Crippen LogP contribution is -2.29. The summed E-state index contributed by atoms with van der Waals surface area (Å²) < 4.78 is 26.9. The highest BCUT2D eigenvalue weighted by atomic mass is 32.2. The summed E-state index contributed by atoms with van der Waals surface area (Å²) in [6, 6.07) is 5.25. The van der Waals surface area contributed by atoms with E-state index in [1.807, 2.05) is 6.07 Å². The number of hydrogen-bond acceptors (Lipinski definition) is 3. The lowest BCUT2D eigenvalue weighted by Gasteiger charge is -2.18. The zero-order valence-electron chi connectivity index (χ0n) is 12.8. The number of hydrogen-bond donors (Lipinski definition) is 1. The Labute approximate surface area is 127 Å². The van der Waals surface area contributed by atoms with Gasteiger partial charge >= 0.3 is 0 Å². The summed E-state index contributed by atoms with van der Waals surface area (Å²) in [6.07, 6.45) is 1.11. The summed E-state index contributed by atoms with van der Waals surface area (Å²) >= 11 is 0. The molecule has 0 aromatic heterocycles. The predicted molar refractivity (Wildman–Crippen MR) is 84.2 cm³/mol. The van der Waals surface area contributed by atoms with Gasteiger partial charge in [-0.15, -0.1) is 0 Å². The molecule has 1 aromatic rings. The van der Waals surface area contributed by atoms with Crippen molar-refractivity contribution in [1.82, 2.24) is 4.31 Å². The average molecular weight is 306 g/mol. The van der Waals surface area contributed by atoms with Gasteiger partial charge in [0, 0.05) is 19.2 Å². The van der Waals surface area contributed by atoms with Crippen LogP contribution in [0.2, 0.25) is 0 Å². The molecule has 0 saturated heterocycles. The summed E-state index contributed by atoms with van der Waals surface area (Å²) in [5, 5.41) is 0. The van der Waals surface area contributed by atoms with E-state index in [0.717, 1.165) is 12.0 Å². The van der Waals surface area contributed by atoms with Gasteiger partial charge in [-0.25, -0.2) is 12.7 Å². The third-order valence-electron chi connectivity index (χ3n) is 3.98. The van der Waals surface area contributed by atoms with Crippen molar-refractivity contribution >= 4 is 10.0 Å². The summed E-state index contributed by atoms with van der Waals surface area (Å²) in [5.41, 5.74) is 6.77. The minimum Gasteiger partial charge on any atom is -0.320 e. The van der Waals surface area contributed by atoms with Crippen molar-refractivity contribution in [2.45, 2.75) is 25.2 Å². The second-order valence-corrected chi connectivity index (χ2v) is 7.76. The Morgan fingerprint density at radius 1 is 1.43 bits per heavy atom. The van der Waals surface area contributed by atoms with Crippen LogP contribution in [0.3, 0.4) is 0 Å². The molecule has 5 heteroatoms. The Kier molecular flexibility index (Phi) is 4.72. The van der Waals surface area contributed by atoms with Gasteiger partial charge in [0.1, 0.15) is 0 Å². The molecule has 114 valence electrons. The Balaban J connectivity index is 2.29. The number of aryl methyl sites for hydroxylation is 1. The fraction of sp³-hybridized carbons (Fsp3) is 0.500. The van der Waals surface area contributed by atoms with Crippen LogP contribution in [-0.4, -0.2) is 32.9 Å². The van der Waals surface area contributed by atoms with Crippen molar-refractivity contribution in [2.75, 3.05) is 20.1 Å². The number of rotatable bonds is 4. The van der Waals surface area contributed by atoms with Crippen LogP contribution in [0.4, 0.5) is 0 Å². The highest BCUT2D eigenvalue weighted by molar-refractivity contribution is 7.89. The van der Waals surface area contributed by atoms with Gasteiger partial charge in [0.15, 0.2) is 0 Å². The zero-order chi connectivity index (χ0) is 15.6. The van der Waals surface area contributed by atoms with E-state index >= 15 is 0 Å². The predicted octanol–water partition coefficient (Wildman–Crippen LogP) is 1.58. The second kappa shape index (κ2) is 6.18. The minimum absolute atomic E-state index is 0.259. The van der Waals surface area contributed by atoms with E-state index < -0.39 is 10.0 Å². The van der Waals surface area contributed by atoms with Gasteiger partial charge < -0.3 is 5.73 Å². The molecule has 0 amide bonds. The van der Waals surface area contributed by atoms with E-state index in [2.05, 4.69) is 18.8 Å². The molecule has 1 aromatic carbocycles. The summed E-state index contributed by atoms with van der Waals surface area (Å²) in [6.45, 7) is 4.80. The standard InChI is InChI=1S/C16H22N2O2S/c1-12-6-7-14(5-4-8-17)10-16(12)21(19,20)18(3)11-15-9-13(15)2/h6-7,10,13,15H,8-9,11,17H2,1-3H3. The maximum atomic E-state index is 12.7. The van der Waals surface area contributed by atoms with E-state index in [1.165, 1.54) is 4.31 Å². The van der Waals surface area contributed by atoms with Crippen molar-refractivity contribution < 1.29 is 8.42 Å². The largest absolute Gasteiger partial charge is 0.320 e. The van der Waals surface area contributed by atoms with Crippen LogP contribution in [0.1, 0.15) is 24.5 Å². The molecule has 21 heavy (non-hydrogen) atoms. The molecule has 2 atom stereocenters. The van der Waals surface area contributed by atoms with Crippen LogP contribution in [0.25, 0.3) is 0 Å². The van der Waals surface area contributed by atoms with Crippen molar-refractivity contribution in [3.05, 3.63) is 29.3 Å². The molecule has 0 spiro atoms. The van der Waals surface area contributed by atoms with Crippen molar-refractivity contribution in [3.63, 3.8) is 0 Å². The van der Waals surface area contributed by atoms with Crippen molar-refractivity contribution in [3.8, 4) is 11.8 Å². The van der Waals surface area contributed by atoms with Gasteiger partial charge in [0.2, 0.25) is 10.0 Å². The van der Waals surface area contributed by atoms with Crippen LogP contribution >= 0.6 is 0 Å².